The topological polar surface area (TPSA) is 38.0 Å². The van der Waals surface area contributed by atoms with Crippen molar-refractivity contribution in [1.29, 1.82) is 0 Å². The molecule has 0 saturated carbocycles. The number of fused-ring (bicyclic) bond motifs is 1. The van der Waals surface area contributed by atoms with E-state index in [9.17, 15) is 5.11 Å². The lowest BCUT2D eigenvalue weighted by Crippen LogP contribution is -2.04. The summed E-state index contributed by atoms with van der Waals surface area (Å²) in [4.78, 5) is 0. The van der Waals surface area contributed by atoms with E-state index in [0.29, 0.717) is 17.1 Å². The molecule has 1 heterocycles. The Kier molecular flexibility index (Phi) is 4.02. The fraction of sp³-hybridized carbons (Fsp3) is 0.188. The van der Waals surface area contributed by atoms with Crippen LogP contribution < -0.4 is 0 Å². The van der Waals surface area contributed by atoms with Gasteiger partial charge in [-0.1, -0.05) is 51.8 Å². The van der Waals surface area contributed by atoms with Crippen LogP contribution in [0.3, 0.4) is 0 Å². The molecule has 0 aliphatic carbocycles. The van der Waals surface area contributed by atoms with Crippen LogP contribution in [0, 0.1) is 0 Å². The molecule has 0 aliphatic heterocycles. The van der Waals surface area contributed by atoms with Crippen molar-refractivity contribution >= 4 is 38.4 Å². The van der Waals surface area contributed by atoms with Crippen molar-refractivity contribution in [3.8, 4) is 0 Å². The highest BCUT2D eigenvalue weighted by Gasteiger charge is 2.18. The zero-order chi connectivity index (χ0) is 15.0. The number of nitrogens with zero attached hydrogens (tertiary/aromatic N) is 2. The van der Waals surface area contributed by atoms with Gasteiger partial charge in [0, 0.05) is 28.4 Å². The van der Waals surface area contributed by atoms with Crippen LogP contribution in [0.2, 0.25) is 5.02 Å². The van der Waals surface area contributed by atoms with E-state index < -0.39 is 6.10 Å². The molecule has 3 nitrogen and oxygen atoms in total. The number of halogens is 2. The van der Waals surface area contributed by atoms with E-state index >= 15 is 0 Å². The maximum atomic E-state index is 10.5. The third kappa shape index (κ3) is 2.84. The van der Waals surface area contributed by atoms with Crippen molar-refractivity contribution in [2.45, 2.75) is 12.5 Å². The normalized spacial score (nSPS) is 12.8. The number of aliphatic hydroxyl groups excluding tert-OH is 1. The molecular weight excluding hydrogens is 352 g/mol. The lowest BCUT2D eigenvalue weighted by Gasteiger charge is -2.10. The molecule has 3 aromatic rings. The first-order valence-electron chi connectivity index (χ1n) is 6.60. The SMILES string of the molecule is Cn1nc(C(O)Cc2ccc(Br)cc2Cl)c2ccccc21. The predicted octanol–water partition coefficient (Wildman–Crippen LogP) is 4.27. The van der Waals surface area contributed by atoms with Crippen molar-refractivity contribution < 1.29 is 5.11 Å². The first-order valence-corrected chi connectivity index (χ1v) is 7.77. The number of aliphatic hydroxyl groups is 1. The lowest BCUT2D eigenvalue weighted by molar-refractivity contribution is 0.174. The van der Waals surface area contributed by atoms with Crippen LogP contribution in [0.4, 0.5) is 0 Å². The maximum absolute atomic E-state index is 10.5. The summed E-state index contributed by atoms with van der Waals surface area (Å²) in [7, 11) is 1.88. The lowest BCUT2D eigenvalue weighted by atomic mass is 10.0. The summed E-state index contributed by atoms with van der Waals surface area (Å²) in [6, 6.07) is 13.6. The molecular formula is C16H14BrClN2O. The molecule has 2 aromatic carbocycles. The van der Waals surface area contributed by atoms with Crippen molar-refractivity contribution in [3.63, 3.8) is 0 Å². The number of hydrogen-bond donors (Lipinski definition) is 1. The van der Waals surface area contributed by atoms with Crippen molar-refractivity contribution in [1.82, 2.24) is 9.78 Å². The number of aryl methyl sites for hydroxylation is 1. The molecule has 0 bridgehead atoms. The minimum absolute atomic E-state index is 0.438. The van der Waals surface area contributed by atoms with Gasteiger partial charge in [-0.25, -0.2) is 0 Å². The second-order valence-corrected chi connectivity index (χ2v) is 6.30. The van der Waals surface area contributed by atoms with E-state index in [1.165, 1.54) is 0 Å². The molecule has 1 atom stereocenters. The van der Waals surface area contributed by atoms with E-state index in [0.717, 1.165) is 20.9 Å². The summed E-state index contributed by atoms with van der Waals surface area (Å²) in [5.74, 6) is 0. The fourth-order valence-electron chi connectivity index (χ4n) is 2.48. The molecule has 1 aromatic heterocycles. The first-order chi connectivity index (χ1) is 10.1. The Bertz CT molecular complexity index is 800. The largest absolute Gasteiger partial charge is 0.386 e. The summed E-state index contributed by atoms with van der Waals surface area (Å²) in [6.45, 7) is 0. The Hall–Kier alpha value is -1.36. The Morgan fingerprint density at radius 2 is 2.05 bits per heavy atom. The summed E-state index contributed by atoms with van der Waals surface area (Å²) in [5.41, 5.74) is 2.60. The Balaban J connectivity index is 1.95. The number of hydrogen-bond acceptors (Lipinski definition) is 2. The van der Waals surface area contributed by atoms with Crippen molar-refractivity contribution in [3.05, 3.63) is 63.2 Å². The molecule has 1 unspecified atom stereocenters. The van der Waals surface area contributed by atoms with E-state index in [-0.39, 0.29) is 0 Å². The zero-order valence-electron chi connectivity index (χ0n) is 11.4. The fourth-order valence-corrected chi connectivity index (χ4v) is 3.23. The van der Waals surface area contributed by atoms with Gasteiger partial charge in [-0.2, -0.15) is 5.10 Å². The zero-order valence-corrected chi connectivity index (χ0v) is 13.8. The van der Waals surface area contributed by atoms with Gasteiger partial charge in [0.05, 0.1) is 11.2 Å². The van der Waals surface area contributed by atoms with Gasteiger partial charge in [-0.3, -0.25) is 4.68 Å². The highest BCUT2D eigenvalue weighted by molar-refractivity contribution is 9.10. The first kappa shape index (κ1) is 14.6. The highest BCUT2D eigenvalue weighted by atomic mass is 79.9. The van der Waals surface area contributed by atoms with Gasteiger partial charge in [0.25, 0.3) is 0 Å². The van der Waals surface area contributed by atoms with Gasteiger partial charge >= 0.3 is 0 Å². The van der Waals surface area contributed by atoms with E-state index in [2.05, 4.69) is 21.0 Å². The van der Waals surface area contributed by atoms with Crippen LogP contribution in [-0.4, -0.2) is 14.9 Å². The van der Waals surface area contributed by atoms with Crippen molar-refractivity contribution in [2.24, 2.45) is 7.05 Å². The van der Waals surface area contributed by atoms with E-state index in [1.54, 1.807) is 4.68 Å². The summed E-state index contributed by atoms with van der Waals surface area (Å²) >= 11 is 9.60. The van der Waals surface area contributed by atoms with Gasteiger partial charge < -0.3 is 5.11 Å². The van der Waals surface area contributed by atoms with Crippen LogP contribution in [0.1, 0.15) is 17.4 Å². The summed E-state index contributed by atoms with van der Waals surface area (Å²) < 4.78 is 2.71. The molecule has 5 heteroatoms. The molecule has 0 aliphatic rings. The minimum atomic E-state index is -0.685. The van der Waals surface area contributed by atoms with Gasteiger partial charge in [0.15, 0.2) is 0 Å². The number of benzene rings is 2. The maximum Gasteiger partial charge on any atom is 0.102 e. The molecule has 0 radical (unpaired) electrons. The van der Waals surface area contributed by atoms with E-state index in [4.69, 9.17) is 11.6 Å². The average molecular weight is 366 g/mol. The van der Waals surface area contributed by atoms with Crippen LogP contribution in [-0.2, 0) is 13.5 Å². The van der Waals surface area contributed by atoms with Gasteiger partial charge in [0.2, 0.25) is 0 Å². The average Bonchev–Trinajstić information content (AvgIpc) is 2.80. The molecule has 0 spiro atoms. The van der Waals surface area contributed by atoms with Gasteiger partial charge in [-0.05, 0) is 23.8 Å². The Morgan fingerprint density at radius 1 is 1.29 bits per heavy atom. The monoisotopic (exact) mass is 364 g/mol. The number of rotatable bonds is 3. The summed E-state index contributed by atoms with van der Waals surface area (Å²) in [5, 5.41) is 16.6. The van der Waals surface area contributed by atoms with Gasteiger partial charge in [-0.15, -0.1) is 0 Å². The summed E-state index contributed by atoms with van der Waals surface area (Å²) in [6.07, 6.45) is -0.248. The second kappa shape index (κ2) is 5.79. The molecule has 0 fully saturated rings. The quantitative estimate of drug-likeness (QED) is 0.753. The predicted molar refractivity (Wildman–Crippen MR) is 88.5 cm³/mol. The van der Waals surface area contributed by atoms with Crippen LogP contribution >= 0.6 is 27.5 Å². The van der Waals surface area contributed by atoms with E-state index in [1.807, 2.05) is 49.5 Å². The van der Waals surface area contributed by atoms with Crippen LogP contribution in [0.25, 0.3) is 10.9 Å². The highest BCUT2D eigenvalue weighted by Crippen LogP contribution is 2.29. The molecule has 108 valence electrons. The molecule has 3 rings (SSSR count). The number of para-hydroxylation sites is 1. The van der Waals surface area contributed by atoms with Crippen LogP contribution in [0.5, 0.6) is 0 Å². The smallest absolute Gasteiger partial charge is 0.102 e. The molecule has 0 amide bonds. The van der Waals surface area contributed by atoms with Gasteiger partial charge in [0.1, 0.15) is 6.10 Å². The third-order valence-electron chi connectivity index (χ3n) is 3.53. The molecule has 1 N–H and O–H groups in total. The minimum Gasteiger partial charge on any atom is -0.386 e. The standard InChI is InChI=1S/C16H14BrClN2O/c1-20-14-5-3-2-4-12(14)16(19-20)15(21)8-10-6-7-11(17)9-13(10)18/h2-7,9,15,21H,8H2,1H3. The Morgan fingerprint density at radius 3 is 2.81 bits per heavy atom. The second-order valence-electron chi connectivity index (χ2n) is 4.98. The van der Waals surface area contributed by atoms with Crippen molar-refractivity contribution in [2.75, 3.05) is 0 Å². The Labute approximate surface area is 136 Å². The third-order valence-corrected chi connectivity index (χ3v) is 4.38. The molecule has 0 saturated heterocycles. The molecule has 21 heavy (non-hydrogen) atoms. The number of aromatic nitrogens is 2. The van der Waals surface area contributed by atoms with Crippen LogP contribution in [0.15, 0.2) is 46.9 Å².